The fourth-order valence-electron chi connectivity index (χ4n) is 3.75. The van der Waals surface area contributed by atoms with E-state index in [9.17, 15) is 0 Å². The summed E-state index contributed by atoms with van der Waals surface area (Å²) in [5, 5.41) is 22.8. The molecule has 1 aliphatic carbocycles. The summed E-state index contributed by atoms with van der Waals surface area (Å²) in [4.78, 5) is 4.58. The Morgan fingerprint density at radius 1 is 1.11 bits per heavy atom. The quantitative estimate of drug-likeness (QED) is 0.250. The Morgan fingerprint density at radius 2 is 1.89 bits per heavy atom. The summed E-state index contributed by atoms with van der Waals surface area (Å²) < 4.78 is 0. The summed E-state index contributed by atoms with van der Waals surface area (Å²) in [5.41, 5.74) is 14.1. The Balaban J connectivity index is 1.48. The summed E-state index contributed by atoms with van der Waals surface area (Å²) in [6, 6.07) is 24.3. The Labute approximate surface area is 206 Å². The second-order valence-corrected chi connectivity index (χ2v) is 8.47. The van der Waals surface area contributed by atoms with Crippen molar-refractivity contribution in [1.82, 2.24) is 10.3 Å². The zero-order chi connectivity index (χ0) is 24.5. The van der Waals surface area contributed by atoms with Crippen LogP contribution in [-0.4, -0.2) is 11.5 Å². The highest BCUT2D eigenvalue weighted by molar-refractivity contribution is 5.54. The number of benzene rings is 2. The second kappa shape index (κ2) is 11.7. The molecule has 4 N–H and O–H groups in total. The molecule has 3 aromatic rings. The van der Waals surface area contributed by atoms with Gasteiger partial charge in [-0.2, -0.15) is 10.4 Å². The number of nitrogens with zero attached hydrogens (tertiary/aromatic N) is 3. The molecule has 1 aromatic heterocycles. The van der Waals surface area contributed by atoms with Crippen molar-refractivity contribution in [2.24, 2.45) is 5.11 Å². The minimum absolute atomic E-state index is 0.0240. The van der Waals surface area contributed by atoms with Crippen molar-refractivity contribution in [3.63, 3.8) is 0 Å². The first-order chi connectivity index (χ1) is 17.2. The van der Waals surface area contributed by atoms with Gasteiger partial charge in [-0.05, 0) is 67.2 Å². The highest BCUT2D eigenvalue weighted by atomic mass is 15.1. The second-order valence-electron chi connectivity index (χ2n) is 8.47. The molecule has 1 heterocycles. The summed E-state index contributed by atoms with van der Waals surface area (Å²) >= 11 is 0. The average Bonchev–Trinajstić information content (AvgIpc) is 3.76. The highest BCUT2D eigenvalue weighted by Crippen LogP contribution is 2.37. The molecule has 0 radical (unpaired) electrons. The van der Waals surface area contributed by atoms with E-state index in [0.29, 0.717) is 11.3 Å². The number of anilines is 2. The van der Waals surface area contributed by atoms with Crippen LogP contribution in [0.1, 0.15) is 42.5 Å². The van der Waals surface area contributed by atoms with Crippen LogP contribution in [0.25, 0.3) is 0 Å². The van der Waals surface area contributed by atoms with E-state index in [2.05, 4.69) is 56.4 Å². The van der Waals surface area contributed by atoms with Crippen LogP contribution in [-0.2, 0) is 6.42 Å². The number of allylic oxidation sites excluding steroid dienone is 2. The van der Waals surface area contributed by atoms with Gasteiger partial charge in [0.2, 0.25) is 0 Å². The molecule has 4 rings (SSSR count). The molecular formula is C28H29N7. The van der Waals surface area contributed by atoms with E-state index < -0.39 is 0 Å². The largest absolute Gasteiger partial charge is 0.359 e. The van der Waals surface area contributed by atoms with Gasteiger partial charge in [0.1, 0.15) is 5.82 Å². The molecule has 0 saturated heterocycles. The van der Waals surface area contributed by atoms with Crippen molar-refractivity contribution in [2.75, 3.05) is 17.2 Å². The molecule has 1 unspecified atom stereocenters. The summed E-state index contributed by atoms with van der Waals surface area (Å²) in [6.07, 6.45) is 6.49. The van der Waals surface area contributed by atoms with Crippen molar-refractivity contribution in [3.8, 4) is 6.07 Å². The van der Waals surface area contributed by atoms with E-state index in [1.807, 2.05) is 42.5 Å². The minimum atomic E-state index is 0.0240. The van der Waals surface area contributed by atoms with Crippen molar-refractivity contribution < 1.29 is 0 Å². The lowest BCUT2D eigenvalue weighted by Crippen LogP contribution is -2.28. The Hall–Kier alpha value is -4.28. The summed E-state index contributed by atoms with van der Waals surface area (Å²) in [7, 11) is 0. The number of hydrogen-bond acceptors (Lipinski definition) is 7. The predicted octanol–water partition coefficient (Wildman–Crippen LogP) is 6.29. The molecule has 0 aliphatic heterocycles. The smallest absolute Gasteiger partial charge is 0.130 e. The first-order valence-electron chi connectivity index (χ1n) is 11.7. The van der Waals surface area contributed by atoms with Crippen LogP contribution in [0.4, 0.5) is 11.5 Å². The first kappa shape index (κ1) is 23.9. The van der Waals surface area contributed by atoms with Gasteiger partial charge in [-0.3, -0.25) is 0 Å². The molecule has 35 heavy (non-hydrogen) atoms. The molecule has 1 aliphatic rings. The molecule has 1 fully saturated rings. The van der Waals surface area contributed by atoms with Gasteiger partial charge in [0.05, 0.1) is 35.3 Å². The van der Waals surface area contributed by atoms with Gasteiger partial charge in [0.15, 0.2) is 0 Å². The van der Waals surface area contributed by atoms with Gasteiger partial charge in [0, 0.05) is 18.4 Å². The van der Waals surface area contributed by atoms with Crippen molar-refractivity contribution in [2.45, 2.75) is 32.2 Å². The third-order valence-corrected chi connectivity index (χ3v) is 5.80. The molecular weight excluding hydrogens is 434 g/mol. The van der Waals surface area contributed by atoms with E-state index in [0.717, 1.165) is 43.0 Å². The maximum atomic E-state index is 9.02. The zero-order valence-electron chi connectivity index (χ0n) is 19.8. The standard InChI is InChI=1S/C28H29N7/c1-20(35-30)18-32-25-13-14-26(33-19-25)34-28(24-11-12-24)27(23-5-3-2-4-6-23)31-16-15-21-7-9-22(17-29)10-8-21/h2-10,13-14,18-19,27,30-32H,11-12,15-16H2,1H3,(H,33,34)/b20-18-,35-30?. The number of nitrogens with one attached hydrogen (secondary N) is 4. The number of pyridine rings is 1. The van der Waals surface area contributed by atoms with E-state index in [1.54, 1.807) is 19.3 Å². The Kier molecular flexibility index (Phi) is 8.00. The van der Waals surface area contributed by atoms with E-state index in [4.69, 9.17) is 10.8 Å². The summed E-state index contributed by atoms with van der Waals surface area (Å²) in [5.74, 6) is 0.783. The highest BCUT2D eigenvalue weighted by Gasteiger charge is 2.26. The van der Waals surface area contributed by atoms with Gasteiger partial charge in [0.25, 0.3) is 0 Å². The first-order valence-corrected chi connectivity index (χ1v) is 11.7. The number of nitriles is 1. The third-order valence-electron chi connectivity index (χ3n) is 5.80. The number of aromatic nitrogens is 1. The minimum Gasteiger partial charge on any atom is -0.359 e. The van der Waals surface area contributed by atoms with E-state index in [-0.39, 0.29) is 6.04 Å². The topological polar surface area (TPSA) is 109 Å². The maximum absolute atomic E-state index is 9.02. The summed E-state index contributed by atoms with van der Waals surface area (Å²) in [6.45, 7) is 2.56. The Morgan fingerprint density at radius 3 is 2.51 bits per heavy atom. The SMILES string of the molecule is C/C(=C/Nc1ccc(NC(=C2CC2)C(NCCc2ccc(C#N)cc2)c2ccccc2)nc1)N=N. The Bertz CT molecular complexity index is 1230. The lowest BCUT2D eigenvalue weighted by Gasteiger charge is -2.24. The van der Waals surface area contributed by atoms with Crippen LogP contribution in [0.15, 0.2) is 101 Å². The van der Waals surface area contributed by atoms with E-state index >= 15 is 0 Å². The van der Waals surface area contributed by atoms with Gasteiger partial charge in [-0.15, -0.1) is 0 Å². The molecule has 176 valence electrons. The van der Waals surface area contributed by atoms with Crippen molar-refractivity contribution in [3.05, 3.63) is 113 Å². The lowest BCUT2D eigenvalue weighted by atomic mass is 10.0. The molecule has 7 nitrogen and oxygen atoms in total. The van der Waals surface area contributed by atoms with Crippen LogP contribution in [0, 0.1) is 16.9 Å². The molecule has 0 amide bonds. The molecule has 0 spiro atoms. The van der Waals surface area contributed by atoms with Gasteiger partial charge < -0.3 is 16.0 Å². The van der Waals surface area contributed by atoms with Gasteiger partial charge in [-0.25, -0.2) is 10.5 Å². The molecule has 7 heteroatoms. The third kappa shape index (κ3) is 6.85. The fraction of sp³-hybridized carbons (Fsp3) is 0.214. The lowest BCUT2D eigenvalue weighted by molar-refractivity contribution is 0.597. The predicted molar refractivity (Wildman–Crippen MR) is 139 cm³/mol. The van der Waals surface area contributed by atoms with Gasteiger partial charge >= 0.3 is 0 Å². The monoisotopic (exact) mass is 463 g/mol. The van der Waals surface area contributed by atoms with Crippen molar-refractivity contribution >= 4 is 11.5 Å². The van der Waals surface area contributed by atoms with Crippen LogP contribution in [0.3, 0.4) is 0 Å². The maximum Gasteiger partial charge on any atom is 0.130 e. The molecule has 1 atom stereocenters. The normalized spacial score (nSPS) is 13.5. The average molecular weight is 464 g/mol. The number of hydrogen-bond donors (Lipinski definition) is 4. The number of rotatable bonds is 11. The van der Waals surface area contributed by atoms with Crippen LogP contribution < -0.4 is 16.0 Å². The van der Waals surface area contributed by atoms with E-state index in [1.165, 1.54) is 16.7 Å². The zero-order valence-corrected chi connectivity index (χ0v) is 19.8. The molecule has 0 bridgehead atoms. The van der Waals surface area contributed by atoms with Gasteiger partial charge in [-0.1, -0.05) is 42.5 Å². The molecule has 1 saturated carbocycles. The van der Waals surface area contributed by atoms with Crippen LogP contribution in [0.2, 0.25) is 0 Å². The van der Waals surface area contributed by atoms with Crippen LogP contribution >= 0.6 is 0 Å². The fourth-order valence-corrected chi connectivity index (χ4v) is 3.75. The van der Waals surface area contributed by atoms with Crippen LogP contribution in [0.5, 0.6) is 0 Å². The molecule has 2 aromatic carbocycles. The van der Waals surface area contributed by atoms with Crippen molar-refractivity contribution in [1.29, 1.82) is 10.8 Å².